The van der Waals surface area contributed by atoms with Gasteiger partial charge < -0.3 is 19.9 Å². The van der Waals surface area contributed by atoms with E-state index in [1.165, 1.54) is 12.5 Å². The van der Waals surface area contributed by atoms with Gasteiger partial charge in [-0.2, -0.15) is 0 Å². The van der Waals surface area contributed by atoms with Gasteiger partial charge in [0.15, 0.2) is 0 Å². The third-order valence-corrected chi connectivity index (χ3v) is 5.43. The van der Waals surface area contributed by atoms with E-state index in [4.69, 9.17) is 4.42 Å². The van der Waals surface area contributed by atoms with Crippen LogP contribution in [0.3, 0.4) is 0 Å². The number of amides is 1. The molecule has 0 unspecified atom stereocenters. The zero-order valence-corrected chi connectivity index (χ0v) is 18.1. The molecule has 0 aliphatic rings. The lowest BCUT2D eigenvalue weighted by Crippen LogP contribution is -2.53. The van der Waals surface area contributed by atoms with Crippen molar-refractivity contribution >= 4 is 5.91 Å². The maximum absolute atomic E-state index is 11.4. The largest absolute Gasteiger partial charge is 0.444 e. The molecule has 0 spiro atoms. The highest BCUT2D eigenvalue weighted by molar-refractivity contribution is 5.73. The van der Waals surface area contributed by atoms with Crippen molar-refractivity contribution in [1.82, 2.24) is 10.3 Å². The number of benzene rings is 2. The first-order valence-electron chi connectivity index (χ1n) is 10.6. The highest BCUT2D eigenvalue weighted by Gasteiger charge is 2.29. The molecule has 0 saturated heterocycles. The molecule has 3 N–H and O–H groups in total. The first kappa shape index (κ1) is 22.7. The van der Waals surface area contributed by atoms with Gasteiger partial charge in [0.2, 0.25) is 11.8 Å². The van der Waals surface area contributed by atoms with Crippen molar-refractivity contribution in [3.05, 3.63) is 65.9 Å². The van der Waals surface area contributed by atoms with Gasteiger partial charge in [-0.05, 0) is 42.5 Å². The van der Waals surface area contributed by atoms with Gasteiger partial charge in [-0.1, -0.05) is 49.7 Å². The summed E-state index contributed by atoms with van der Waals surface area (Å²) in [5.74, 6) is 0.313. The zero-order chi connectivity index (χ0) is 22.3. The molecular weight excluding hydrogens is 392 g/mol. The van der Waals surface area contributed by atoms with Gasteiger partial charge in [-0.3, -0.25) is 4.79 Å². The number of aliphatic hydroxyl groups excluding tert-OH is 2. The third-order valence-electron chi connectivity index (χ3n) is 5.43. The Hall–Kier alpha value is -2.96. The lowest BCUT2D eigenvalue weighted by molar-refractivity contribution is -0.122. The summed E-state index contributed by atoms with van der Waals surface area (Å²) in [4.78, 5) is 16.0. The smallest absolute Gasteiger partial charge is 0.226 e. The van der Waals surface area contributed by atoms with Crippen molar-refractivity contribution in [2.24, 2.45) is 0 Å². The Morgan fingerprint density at radius 2 is 1.55 bits per heavy atom. The number of aromatic nitrogens is 1. The minimum atomic E-state index is -1.02. The number of aliphatic hydroxyl groups is 2. The highest BCUT2D eigenvalue weighted by Crippen LogP contribution is 2.26. The number of nitrogens with zero attached hydrogens (tertiary/aromatic N) is 1. The predicted octanol–water partition coefficient (Wildman–Crippen LogP) is 3.75. The molecule has 0 radical (unpaired) electrons. The first-order valence-corrected chi connectivity index (χ1v) is 10.6. The molecule has 0 fully saturated rings. The van der Waals surface area contributed by atoms with E-state index in [0.29, 0.717) is 18.7 Å². The van der Waals surface area contributed by atoms with E-state index in [0.717, 1.165) is 35.2 Å². The van der Waals surface area contributed by atoms with Gasteiger partial charge in [0.05, 0.1) is 18.8 Å². The molecule has 0 atom stereocenters. The van der Waals surface area contributed by atoms with Crippen LogP contribution in [0, 0.1) is 0 Å². The summed E-state index contributed by atoms with van der Waals surface area (Å²) in [6.45, 7) is 2.91. The van der Waals surface area contributed by atoms with Crippen LogP contribution in [0.2, 0.25) is 0 Å². The molecule has 0 aliphatic carbocycles. The van der Waals surface area contributed by atoms with Crippen LogP contribution in [-0.2, 0) is 17.6 Å². The van der Waals surface area contributed by atoms with Crippen molar-refractivity contribution in [2.75, 3.05) is 13.2 Å². The van der Waals surface area contributed by atoms with E-state index in [1.54, 1.807) is 6.26 Å². The summed E-state index contributed by atoms with van der Waals surface area (Å²) in [6, 6.07) is 16.2. The van der Waals surface area contributed by atoms with Gasteiger partial charge >= 0.3 is 0 Å². The fourth-order valence-corrected chi connectivity index (χ4v) is 3.59. The molecule has 3 aromatic rings. The lowest BCUT2D eigenvalue weighted by Gasteiger charge is -2.30. The van der Waals surface area contributed by atoms with E-state index >= 15 is 0 Å². The summed E-state index contributed by atoms with van der Waals surface area (Å²) >= 11 is 0. The average Bonchev–Trinajstić information content (AvgIpc) is 3.28. The Labute approximate surface area is 183 Å². The minimum Gasteiger partial charge on any atom is -0.444 e. The fraction of sp³-hybridized carbons (Fsp3) is 0.360. The van der Waals surface area contributed by atoms with Gasteiger partial charge in [0.25, 0.3) is 0 Å². The topological polar surface area (TPSA) is 95.6 Å². The summed E-state index contributed by atoms with van der Waals surface area (Å²) in [6.07, 6.45) is 4.87. The predicted molar refractivity (Wildman–Crippen MR) is 120 cm³/mol. The summed E-state index contributed by atoms with van der Waals surface area (Å²) < 4.78 is 5.69. The first-order chi connectivity index (χ1) is 15.0. The van der Waals surface area contributed by atoms with Crippen LogP contribution >= 0.6 is 0 Å². The van der Waals surface area contributed by atoms with Crippen molar-refractivity contribution in [3.8, 4) is 22.7 Å². The van der Waals surface area contributed by atoms with Gasteiger partial charge in [0, 0.05) is 18.1 Å². The van der Waals surface area contributed by atoms with Gasteiger partial charge in [-0.25, -0.2) is 4.98 Å². The van der Waals surface area contributed by atoms with Crippen LogP contribution in [0.4, 0.5) is 0 Å². The molecule has 0 aliphatic heterocycles. The van der Waals surface area contributed by atoms with E-state index in [1.807, 2.05) is 36.4 Å². The van der Waals surface area contributed by atoms with Crippen LogP contribution < -0.4 is 5.32 Å². The lowest BCUT2D eigenvalue weighted by atomic mass is 9.92. The van der Waals surface area contributed by atoms with E-state index in [2.05, 4.69) is 29.4 Å². The molecule has 1 heterocycles. The maximum atomic E-state index is 11.4. The molecule has 2 aromatic carbocycles. The number of rotatable bonds is 10. The molecule has 0 saturated carbocycles. The second-order valence-corrected chi connectivity index (χ2v) is 7.96. The number of carbonyl (C=O) groups is 1. The molecule has 1 amide bonds. The Morgan fingerprint density at radius 1 is 0.968 bits per heavy atom. The molecule has 6 nitrogen and oxygen atoms in total. The van der Waals surface area contributed by atoms with Crippen molar-refractivity contribution in [3.63, 3.8) is 0 Å². The van der Waals surface area contributed by atoms with Crippen LogP contribution in [0.1, 0.15) is 37.8 Å². The standard InChI is InChI=1S/C25H30N2O4/c1-3-4-19-7-11-22(12-8-19)24-26-23(15-31-24)21-9-5-20(6-10-21)13-14-25(16-28,17-29)27-18(2)30/h5-12,15,28-29H,3-4,13-14,16-17H2,1-2H3,(H,27,30). The average molecular weight is 423 g/mol. The number of hydrogen-bond donors (Lipinski definition) is 3. The van der Waals surface area contributed by atoms with Crippen molar-refractivity contribution in [2.45, 2.75) is 45.1 Å². The second-order valence-electron chi connectivity index (χ2n) is 7.96. The Morgan fingerprint density at radius 3 is 2.10 bits per heavy atom. The SMILES string of the molecule is CCCc1ccc(-c2nc(-c3ccc(CCC(CO)(CO)NC(C)=O)cc3)co2)cc1. The molecule has 31 heavy (non-hydrogen) atoms. The highest BCUT2D eigenvalue weighted by atomic mass is 16.3. The molecular formula is C25H30N2O4. The molecule has 3 rings (SSSR count). The van der Waals surface area contributed by atoms with Gasteiger partial charge in [0.1, 0.15) is 12.0 Å². The van der Waals surface area contributed by atoms with Crippen molar-refractivity contribution in [1.29, 1.82) is 0 Å². The minimum absolute atomic E-state index is 0.278. The summed E-state index contributed by atoms with van der Waals surface area (Å²) in [7, 11) is 0. The number of carbonyl (C=O) groups excluding carboxylic acids is 1. The second kappa shape index (κ2) is 10.4. The Balaban J connectivity index is 1.67. The van der Waals surface area contributed by atoms with E-state index in [-0.39, 0.29) is 19.1 Å². The molecule has 164 valence electrons. The molecule has 6 heteroatoms. The van der Waals surface area contributed by atoms with E-state index < -0.39 is 5.54 Å². The molecule has 1 aromatic heterocycles. The Bertz CT molecular complexity index is 974. The fourth-order valence-electron chi connectivity index (χ4n) is 3.59. The van der Waals surface area contributed by atoms with Crippen molar-refractivity contribution < 1.29 is 19.4 Å². The Kier molecular flexibility index (Phi) is 7.60. The van der Waals surface area contributed by atoms with Crippen LogP contribution in [0.15, 0.2) is 59.2 Å². The maximum Gasteiger partial charge on any atom is 0.226 e. The number of oxazole rings is 1. The van der Waals surface area contributed by atoms with Crippen LogP contribution in [0.25, 0.3) is 22.7 Å². The van der Waals surface area contributed by atoms with Gasteiger partial charge in [-0.15, -0.1) is 0 Å². The van der Waals surface area contributed by atoms with E-state index in [9.17, 15) is 15.0 Å². The normalized spacial score (nSPS) is 11.5. The monoisotopic (exact) mass is 422 g/mol. The molecule has 0 bridgehead atoms. The van der Waals surface area contributed by atoms with Crippen LogP contribution in [-0.4, -0.2) is 39.9 Å². The zero-order valence-electron chi connectivity index (χ0n) is 18.1. The number of hydrogen-bond acceptors (Lipinski definition) is 5. The summed E-state index contributed by atoms with van der Waals surface area (Å²) in [5, 5.41) is 21.9. The van der Waals surface area contributed by atoms with Crippen LogP contribution in [0.5, 0.6) is 0 Å². The summed E-state index contributed by atoms with van der Waals surface area (Å²) in [5.41, 5.74) is 3.98. The number of aryl methyl sites for hydroxylation is 2. The third kappa shape index (κ3) is 5.81. The number of nitrogens with one attached hydrogen (secondary N) is 1. The quantitative estimate of drug-likeness (QED) is 0.462.